The van der Waals surface area contributed by atoms with Crippen molar-refractivity contribution in [2.75, 3.05) is 0 Å². The fourth-order valence-corrected chi connectivity index (χ4v) is 4.02. The van der Waals surface area contributed by atoms with E-state index in [4.69, 9.17) is 4.74 Å². The van der Waals surface area contributed by atoms with Crippen molar-refractivity contribution in [3.63, 3.8) is 0 Å². The predicted octanol–water partition coefficient (Wildman–Crippen LogP) is 4.15. The summed E-state index contributed by atoms with van der Waals surface area (Å²) >= 11 is 0. The minimum absolute atomic E-state index is 0.0417. The second kappa shape index (κ2) is 4.48. The van der Waals surface area contributed by atoms with Crippen molar-refractivity contribution in [2.24, 2.45) is 0 Å². The molecule has 0 radical (unpaired) electrons. The van der Waals surface area contributed by atoms with Gasteiger partial charge in [-0.15, -0.1) is 0 Å². The normalized spacial score (nSPS) is 26.8. The number of hydrogen-bond acceptors (Lipinski definition) is 2. The molecule has 2 nitrogen and oxygen atoms in total. The van der Waals surface area contributed by atoms with E-state index in [1.165, 1.54) is 6.07 Å². The minimum Gasteiger partial charge on any atom is -0.508 e. The highest BCUT2D eigenvalue weighted by atomic mass is 19.1. The molecule has 1 aliphatic carbocycles. The van der Waals surface area contributed by atoms with Crippen LogP contribution in [-0.2, 0) is 5.41 Å². The van der Waals surface area contributed by atoms with Gasteiger partial charge in [-0.25, -0.2) is 4.39 Å². The molecule has 1 heterocycles. The molecule has 21 heavy (non-hydrogen) atoms. The molecule has 0 aromatic heterocycles. The SMILES string of the molecule is Oc1ccc2c(c1)OC1CCCCC21c1ccccc1F. The lowest BCUT2D eigenvalue weighted by molar-refractivity contribution is 0.120. The zero-order valence-corrected chi connectivity index (χ0v) is 11.7. The fraction of sp³-hybridized carbons (Fsp3) is 0.333. The molecule has 108 valence electrons. The Kier molecular flexibility index (Phi) is 2.71. The first-order valence-electron chi connectivity index (χ1n) is 7.47. The number of benzene rings is 2. The van der Waals surface area contributed by atoms with Gasteiger partial charge in [0, 0.05) is 17.2 Å². The van der Waals surface area contributed by atoms with Gasteiger partial charge in [-0.05, 0) is 31.4 Å². The second-order valence-electron chi connectivity index (χ2n) is 5.98. The quantitative estimate of drug-likeness (QED) is 0.852. The van der Waals surface area contributed by atoms with Crippen molar-refractivity contribution in [3.05, 3.63) is 59.4 Å². The van der Waals surface area contributed by atoms with Crippen LogP contribution in [-0.4, -0.2) is 11.2 Å². The summed E-state index contributed by atoms with van der Waals surface area (Å²) in [6, 6.07) is 12.2. The van der Waals surface area contributed by atoms with E-state index in [9.17, 15) is 9.50 Å². The van der Waals surface area contributed by atoms with Gasteiger partial charge in [0.2, 0.25) is 0 Å². The third kappa shape index (κ3) is 1.70. The zero-order chi connectivity index (χ0) is 14.4. The fourth-order valence-electron chi connectivity index (χ4n) is 4.02. The van der Waals surface area contributed by atoms with Crippen LogP contribution in [0, 0.1) is 5.82 Å². The number of fused-ring (bicyclic) bond motifs is 3. The lowest BCUT2D eigenvalue weighted by atomic mass is 9.64. The molecule has 2 atom stereocenters. The molecule has 4 rings (SSSR count). The smallest absolute Gasteiger partial charge is 0.127 e. The summed E-state index contributed by atoms with van der Waals surface area (Å²) in [5.74, 6) is 0.718. The third-order valence-corrected chi connectivity index (χ3v) is 4.91. The van der Waals surface area contributed by atoms with Crippen molar-refractivity contribution in [3.8, 4) is 11.5 Å². The van der Waals surface area contributed by atoms with Crippen molar-refractivity contribution in [1.82, 2.24) is 0 Å². The van der Waals surface area contributed by atoms with Crippen molar-refractivity contribution < 1.29 is 14.2 Å². The number of rotatable bonds is 1. The van der Waals surface area contributed by atoms with E-state index in [0.29, 0.717) is 5.75 Å². The van der Waals surface area contributed by atoms with E-state index in [-0.39, 0.29) is 17.7 Å². The van der Waals surface area contributed by atoms with Crippen LogP contribution in [0.2, 0.25) is 0 Å². The summed E-state index contributed by atoms with van der Waals surface area (Å²) in [6.45, 7) is 0. The Morgan fingerprint density at radius 3 is 2.81 bits per heavy atom. The highest BCUT2D eigenvalue weighted by Crippen LogP contribution is 2.55. The summed E-state index contributed by atoms with van der Waals surface area (Å²) in [4.78, 5) is 0. The van der Waals surface area contributed by atoms with Gasteiger partial charge < -0.3 is 9.84 Å². The largest absolute Gasteiger partial charge is 0.508 e. The summed E-state index contributed by atoms with van der Waals surface area (Å²) in [6.07, 6.45) is 3.93. The Morgan fingerprint density at radius 1 is 1.10 bits per heavy atom. The molecule has 1 N–H and O–H groups in total. The average molecular weight is 284 g/mol. The number of phenolic OH excluding ortho intramolecular Hbond substituents is 1. The van der Waals surface area contributed by atoms with Gasteiger partial charge in [0.1, 0.15) is 23.4 Å². The Hall–Kier alpha value is -2.03. The number of halogens is 1. The summed E-state index contributed by atoms with van der Waals surface area (Å²) in [5.41, 5.74) is 1.32. The topological polar surface area (TPSA) is 29.5 Å². The average Bonchev–Trinajstić information content (AvgIpc) is 2.81. The van der Waals surface area contributed by atoms with E-state index in [2.05, 4.69) is 0 Å². The Labute approximate surface area is 123 Å². The summed E-state index contributed by atoms with van der Waals surface area (Å²) in [5, 5.41) is 9.68. The van der Waals surface area contributed by atoms with Crippen molar-refractivity contribution in [1.29, 1.82) is 0 Å². The molecule has 0 spiro atoms. The van der Waals surface area contributed by atoms with Crippen LogP contribution in [0.5, 0.6) is 11.5 Å². The highest BCUT2D eigenvalue weighted by molar-refractivity contribution is 5.55. The van der Waals surface area contributed by atoms with Gasteiger partial charge in [0.15, 0.2) is 0 Å². The van der Waals surface area contributed by atoms with Gasteiger partial charge in [-0.1, -0.05) is 30.7 Å². The maximum atomic E-state index is 14.5. The molecule has 2 unspecified atom stereocenters. The van der Waals surface area contributed by atoms with E-state index in [1.54, 1.807) is 18.2 Å². The molecular weight excluding hydrogens is 267 g/mol. The lowest BCUT2D eigenvalue weighted by Gasteiger charge is -2.38. The maximum Gasteiger partial charge on any atom is 0.127 e. The van der Waals surface area contributed by atoms with E-state index in [0.717, 1.165) is 36.8 Å². The number of ether oxygens (including phenoxy) is 1. The van der Waals surface area contributed by atoms with Crippen LogP contribution in [0.15, 0.2) is 42.5 Å². The molecule has 1 saturated carbocycles. The first kappa shape index (κ1) is 12.7. The monoisotopic (exact) mass is 284 g/mol. The number of aromatic hydroxyl groups is 1. The molecular formula is C18H17FO2. The van der Waals surface area contributed by atoms with Crippen LogP contribution in [0.1, 0.15) is 36.8 Å². The van der Waals surface area contributed by atoms with E-state index in [1.807, 2.05) is 18.2 Å². The van der Waals surface area contributed by atoms with E-state index < -0.39 is 5.41 Å². The first-order valence-corrected chi connectivity index (χ1v) is 7.47. The Balaban J connectivity index is 1.97. The second-order valence-corrected chi connectivity index (χ2v) is 5.98. The van der Waals surface area contributed by atoms with Crippen LogP contribution >= 0.6 is 0 Å². The third-order valence-electron chi connectivity index (χ3n) is 4.91. The van der Waals surface area contributed by atoms with Gasteiger partial charge in [0.05, 0.1) is 5.41 Å². The van der Waals surface area contributed by atoms with Gasteiger partial charge >= 0.3 is 0 Å². The molecule has 0 bridgehead atoms. The Morgan fingerprint density at radius 2 is 1.95 bits per heavy atom. The molecule has 2 aromatic rings. The standard InChI is InChI=1S/C18H17FO2/c19-15-6-2-1-5-13(15)18-10-4-3-7-17(18)21-16-11-12(20)8-9-14(16)18/h1-2,5-6,8-9,11,17,20H,3-4,7,10H2. The van der Waals surface area contributed by atoms with Gasteiger partial charge in [0.25, 0.3) is 0 Å². The number of phenols is 1. The maximum absolute atomic E-state index is 14.5. The molecule has 3 heteroatoms. The van der Waals surface area contributed by atoms with Crippen LogP contribution in [0.25, 0.3) is 0 Å². The molecule has 1 fully saturated rings. The molecule has 2 aliphatic rings. The predicted molar refractivity (Wildman–Crippen MR) is 78.2 cm³/mol. The van der Waals surface area contributed by atoms with Crippen LogP contribution in [0.4, 0.5) is 4.39 Å². The summed E-state index contributed by atoms with van der Waals surface area (Å²) < 4.78 is 20.6. The molecule has 0 amide bonds. The number of hydrogen-bond donors (Lipinski definition) is 1. The van der Waals surface area contributed by atoms with Crippen molar-refractivity contribution >= 4 is 0 Å². The Bertz CT molecular complexity index is 697. The molecule has 2 aromatic carbocycles. The van der Waals surface area contributed by atoms with Crippen LogP contribution in [0.3, 0.4) is 0 Å². The lowest BCUT2D eigenvalue weighted by Crippen LogP contribution is -2.42. The van der Waals surface area contributed by atoms with Crippen LogP contribution < -0.4 is 4.74 Å². The first-order chi connectivity index (χ1) is 10.2. The molecule has 1 aliphatic heterocycles. The minimum atomic E-state index is -0.410. The van der Waals surface area contributed by atoms with Crippen molar-refractivity contribution in [2.45, 2.75) is 37.2 Å². The van der Waals surface area contributed by atoms with Gasteiger partial charge in [-0.2, -0.15) is 0 Å². The summed E-state index contributed by atoms with van der Waals surface area (Å²) in [7, 11) is 0. The van der Waals surface area contributed by atoms with E-state index >= 15 is 0 Å². The highest BCUT2D eigenvalue weighted by Gasteiger charge is 2.52. The molecule has 0 saturated heterocycles. The van der Waals surface area contributed by atoms with Gasteiger partial charge in [-0.3, -0.25) is 0 Å². The zero-order valence-electron chi connectivity index (χ0n) is 11.7.